The molecule has 2 N–H and O–H groups in total. The normalized spacial score (nSPS) is 16.7. The van der Waals surface area contributed by atoms with Gasteiger partial charge in [0.2, 0.25) is 0 Å². The van der Waals surface area contributed by atoms with Crippen molar-refractivity contribution in [3.8, 4) is 0 Å². The summed E-state index contributed by atoms with van der Waals surface area (Å²) < 4.78 is 0. The molecule has 1 rings (SSSR count). The van der Waals surface area contributed by atoms with Crippen LogP contribution in [0.3, 0.4) is 0 Å². The summed E-state index contributed by atoms with van der Waals surface area (Å²) in [7, 11) is 0. The molecule has 0 saturated carbocycles. The summed E-state index contributed by atoms with van der Waals surface area (Å²) in [6.07, 6.45) is 6.63. The number of hydrogen-bond donors (Lipinski definition) is 1. The van der Waals surface area contributed by atoms with E-state index < -0.39 is 4.92 Å². The molecule has 0 unspecified atom stereocenters. The van der Waals surface area contributed by atoms with E-state index in [1.165, 1.54) is 6.08 Å². The molecular formula is C7H8N2O2. The van der Waals surface area contributed by atoms with E-state index in [-0.39, 0.29) is 12.1 Å². The zero-order valence-electron chi connectivity index (χ0n) is 5.86. The molecule has 0 amide bonds. The quantitative estimate of drug-likeness (QED) is 0.449. The van der Waals surface area contributed by atoms with Crippen LogP contribution in [0, 0.1) is 10.1 Å². The Morgan fingerprint density at radius 1 is 1.45 bits per heavy atom. The molecule has 0 aromatic heterocycles. The SMILES string of the molecule is NC1=CC=CC=C([N+](=O)[O-])C1. The van der Waals surface area contributed by atoms with Gasteiger partial charge < -0.3 is 5.73 Å². The molecule has 0 atom stereocenters. The van der Waals surface area contributed by atoms with E-state index in [0.717, 1.165) is 0 Å². The Morgan fingerprint density at radius 2 is 2.09 bits per heavy atom. The van der Waals surface area contributed by atoms with Crippen LogP contribution in [0.1, 0.15) is 6.42 Å². The average molecular weight is 152 g/mol. The van der Waals surface area contributed by atoms with Gasteiger partial charge >= 0.3 is 0 Å². The molecule has 11 heavy (non-hydrogen) atoms. The monoisotopic (exact) mass is 152 g/mol. The lowest BCUT2D eigenvalue weighted by atomic mass is 10.2. The molecule has 0 aliphatic heterocycles. The number of nitrogens with zero attached hydrogens (tertiary/aromatic N) is 1. The predicted molar refractivity (Wildman–Crippen MR) is 41.1 cm³/mol. The maximum Gasteiger partial charge on any atom is 0.252 e. The maximum absolute atomic E-state index is 10.3. The first-order valence-corrected chi connectivity index (χ1v) is 3.16. The second kappa shape index (κ2) is 3.01. The van der Waals surface area contributed by atoms with Crippen LogP contribution in [0.4, 0.5) is 0 Å². The molecule has 0 aromatic rings. The number of rotatable bonds is 1. The molecule has 0 heterocycles. The van der Waals surface area contributed by atoms with Crippen LogP contribution >= 0.6 is 0 Å². The smallest absolute Gasteiger partial charge is 0.252 e. The van der Waals surface area contributed by atoms with Gasteiger partial charge in [-0.1, -0.05) is 12.2 Å². The zero-order valence-corrected chi connectivity index (χ0v) is 5.86. The largest absolute Gasteiger partial charge is 0.402 e. The van der Waals surface area contributed by atoms with Crippen molar-refractivity contribution in [1.29, 1.82) is 0 Å². The molecule has 58 valence electrons. The third kappa shape index (κ3) is 1.93. The van der Waals surface area contributed by atoms with E-state index in [4.69, 9.17) is 5.73 Å². The minimum absolute atomic E-state index is 0.132. The van der Waals surface area contributed by atoms with Gasteiger partial charge in [-0.2, -0.15) is 0 Å². The van der Waals surface area contributed by atoms with E-state index in [2.05, 4.69) is 0 Å². The van der Waals surface area contributed by atoms with Crippen LogP contribution in [-0.4, -0.2) is 4.92 Å². The minimum atomic E-state index is -0.420. The number of nitrogens with two attached hydrogens (primary N) is 1. The molecule has 0 aromatic carbocycles. The summed E-state index contributed by atoms with van der Waals surface area (Å²) in [4.78, 5) is 9.85. The molecule has 1 aliphatic carbocycles. The van der Waals surface area contributed by atoms with Crippen LogP contribution in [-0.2, 0) is 0 Å². The van der Waals surface area contributed by atoms with E-state index in [9.17, 15) is 10.1 Å². The van der Waals surface area contributed by atoms with Crippen LogP contribution in [0.5, 0.6) is 0 Å². The maximum atomic E-state index is 10.3. The molecule has 1 aliphatic rings. The second-order valence-corrected chi connectivity index (χ2v) is 2.22. The molecule has 0 saturated heterocycles. The van der Waals surface area contributed by atoms with Gasteiger partial charge in [-0.25, -0.2) is 0 Å². The fourth-order valence-electron chi connectivity index (χ4n) is 0.798. The third-order valence-electron chi connectivity index (χ3n) is 1.33. The van der Waals surface area contributed by atoms with E-state index >= 15 is 0 Å². The fourth-order valence-corrected chi connectivity index (χ4v) is 0.798. The number of allylic oxidation sites excluding steroid dienone is 4. The summed E-state index contributed by atoms with van der Waals surface area (Å²) in [5.41, 5.74) is 6.07. The van der Waals surface area contributed by atoms with Crippen molar-refractivity contribution < 1.29 is 4.92 Å². The summed E-state index contributed by atoms with van der Waals surface area (Å²) in [5, 5.41) is 10.3. The molecule has 4 nitrogen and oxygen atoms in total. The Morgan fingerprint density at radius 3 is 2.73 bits per heavy atom. The summed E-state index contributed by atoms with van der Waals surface area (Å²) in [6, 6.07) is 0. The highest BCUT2D eigenvalue weighted by Gasteiger charge is 2.10. The van der Waals surface area contributed by atoms with Gasteiger partial charge in [0.1, 0.15) is 0 Å². The Labute approximate surface area is 63.8 Å². The topological polar surface area (TPSA) is 69.2 Å². The van der Waals surface area contributed by atoms with Crippen LogP contribution < -0.4 is 5.73 Å². The van der Waals surface area contributed by atoms with Gasteiger partial charge in [-0.15, -0.1) is 0 Å². The number of hydrogen-bond acceptors (Lipinski definition) is 3. The fraction of sp³-hybridized carbons (Fsp3) is 0.143. The Kier molecular flexibility index (Phi) is 2.06. The van der Waals surface area contributed by atoms with Crippen LogP contribution in [0.25, 0.3) is 0 Å². The van der Waals surface area contributed by atoms with Crippen LogP contribution in [0.2, 0.25) is 0 Å². The van der Waals surface area contributed by atoms with E-state index in [1.807, 2.05) is 0 Å². The standard InChI is InChI=1S/C7H8N2O2/c8-6-3-1-2-4-7(5-6)9(10)11/h1-4H,5,8H2. The third-order valence-corrected chi connectivity index (χ3v) is 1.33. The number of nitro groups is 1. The van der Waals surface area contributed by atoms with Crippen molar-refractivity contribution in [2.45, 2.75) is 6.42 Å². The lowest BCUT2D eigenvalue weighted by molar-refractivity contribution is -0.426. The van der Waals surface area contributed by atoms with Gasteiger partial charge in [-0.3, -0.25) is 10.1 Å². The van der Waals surface area contributed by atoms with Gasteiger partial charge in [0, 0.05) is 11.8 Å². The average Bonchev–Trinajstić information content (AvgIpc) is 2.13. The van der Waals surface area contributed by atoms with Crippen molar-refractivity contribution in [3.63, 3.8) is 0 Å². The Bertz CT molecular complexity index is 264. The lowest BCUT2D eigenvalue weighted by Gasteiger charge is -1.95. The summed E-state index contributed by atoms with van der Waals surface area (Å²) >= 11 is 0. The lowest BCUT2D eigenvalue weighted by Crippen LogP contribution is -2.04. The molecule has 0 fully saturated rings. The Balaban J connectivity index is 2.85. The van der Waals surface area contributed by atoms with E-state index in [1.54, 1.807) is 18.2 Å². The first kappa shape index (κ1) is 7.53. The predicted octanol–water partition coefficient (Wildman–Crippen LogP) is 0.950. The molecular weight excluding hydrogens is 144 g/mol. The molecule has 4 heteroatoms. The Hall–Kier alpha value is -1.58. The van der Waals surface area contributed by atoms with Crippen molar-refractivity contribution in [2.75, 3.05) is 0 Å². The van der Waals surface area contributed by atoms with Crippen molar-refractivity contribution >= 4 is 0 Å². The minimum Gasteiger partial charge on any atom is -0.402 e. The van der Waals surface area contributed by atoms with Crippen molar-refractivity contribution in [1.82, 2.24) is 0 Å². The highest BCUT2D eigenvalue weighted by atomic mass is 16.6. The summed E-state index contributed by atoms with van der Waals surface area (Å²) in [5.74, 6) is 0. The highest BCUT2D eigenvalue weighted by molar-refractivity contribution is 5.23. The molecule has 0 bridgehead atoms. The summed E-state index contributed by atoms with van der Waals surface area (Å²) in [6.45, 7) is 0. The second-order valence-electron chi connectivity index (χ2n) is 2.22. The van der Waals surface area contributed by atoms with Crippen molar-refractivity contribution in [2.24, 2.45) is 5.73 Å². The van der Waals surface area contributed by atoms with Gasteiger partial charge in [0.25, 0.3) is 5.70 Å². The molecule has 0 spiro atoms. The van der Waals surface area contributed by atoms with Gasteiger partial charge in [0.05, 0.1) is 11.3 Å². The van der Waals surface area contributed by atoms with E-state index in [0.29, 0.717) is 5.70 Å². The zero-order chi connectivity index (χ0) is 8.27. The van der Waals surface area contributed by atoms with Gasteiger partial charge in [0.15, 0.2) is 0 Å². The molecule has 0 radical (unpaired) electrons. The van der Waals surface area contributed by atoms with Gasteiger partial charge in [-0.05, 0) is 6.08 Å². The first-order valence-electron chi connectivity index (χ1n) is 3.16. The highest BCUT2D eigenvalue weighted by Crippen LogP contribution is 2.10. The first-order chi connectivity index (χ1) is 5.20. The van der Waals surface area contributed by atoms with Crippen LogP contribution in [0.15, 0.2) is 35.7 Å². The van der Waals surface area contributed by atoms with Crippen molar-refractivity contribution in [3.05, 3.63) is 45.8 Å².